The Hall–Kier alpha value is -1.36. The van der Waals surface area contributed by atoms with Crippen LogP contribution in [0, 0.1) is 0 Å². The monoisotopic (exact) mass is 182 g/mol. The first kappa shape index (κ1) is 7.30. The summed E-state index contributed by atoms with van der Waals surface area (Å²) in [5.74, 6) is 0. The Morgan fingerprint density at radius 3 is 3.25 bits per heavy atom. The molecule has 0 bridgehead atoms. The van der Waals surface area contributed by atoms with Crippen molar-refractivity contribution in [3.63, 3.8) is 0 Å². The zero-order valence-corrected chi connectivity index (χ0v) is 7.14. The van der Waals surface area contributed by atoms with Crippen LogP contribution >= 0.6 is 11.3 Å². The van der Waals surface area contributed by atoms with Gasteiger partial charge in [-0.1, -0.05) is 0 Å². The normalized spacial score (nSPS) is 10.4. The first-order valence-corrected chi connectivity index (χ1v) is 4.21. The first-order chi connectivity index (χ1) is 5.81. The van der Waals surface area contributed by atoms with Crippen LogP contribution in [-0.2, 0) is 0 Å². The van der Waals surface area contributed by atoms with E-state index in [0.29, 0.717) is 10.2 Å². The van der Waals surface area contributed by atoms with Crippen LogP contribution in [0.2, 0.25) is 0 Å². The minimum absolute atomic E-state index is 0.155. The summed E-state index contributed by atoms with van der Waals surface area (Å²) in [5, 5.41) is 2.44. The first-order valence-electron chi connectivity index (χ1n) is 3.33. The molecule has 0 fully saturated rings. The summed E-state index contributed by atoms with van der Waals surface area (Å²) in [6, 6.07) is 2.00. The number of ether oxygens (including phenoxy) is 1. The molecule has 0 aliphatic carbocycles. The fourth-order valence-electron chi connectivity index (χ4n) is 0.942. The number of hydrogen-bond acceptors (Lipinski definition) is 4. The van der Waals surface area contributed by atoms with Crippen LogP contribution < -0.4 is 10.3 Å². The lowest BCUT2D eigenvalue weighted by atomic mass is 10.4. The van der Waals surface area contributed by atoms with Gasteiger partial charge in [0.1, 0.15) is 4.83 Å². The minimum Gasteiger partial charge on any atom is -0.468 e. The fraction of sp³-hybridized carbons (Fsp3) is 0.143. The average Bonchev–Trinajstić information content (AvgIpc) is 2.52. The number of methoxy groups -OCH3 is 1. The minimum atomic E-state index is -0.155. The summed E-state index contributed by atoms with van der Waals surface area (Å²) in [6.45, 7) is 0. The van der Waals surface area contributed by atoms with Crippen LogP contribution in [0.5, 0.6) is 6.01 Å². The molecule has 62 valence electrons. The highest BCUT2D eigenvalue weighted by molar-refractivity contribution is 7.16. The quantitative estimate of drug-likeness (QED) is 0.715. The van der Waals surface area contributed by atoms with Gasteiger partial charge in [-0.15, -0.1) is 11.3 Å². The van der Waals surface area contributed by atoms with Crippen LogP contribution in [0.1, 0.15) is 0 Å². The van der Waals surface area contributed by atoms with Crippen molar-refractivity contribution in [2.45, 2.75) is 0 Å². The lowest BCUT2D eigenvalue weighted by molar-refractivity contribution is 0.381. The van der Waals surface area contributed by atoms with Gasteiger partial charge in [0.15, 0.2) is 0 Å². The van der Waals surface area contributed by atoms with E-state index in [2.05, 4.69) is 9.97 Å². The van der Waals surface area contributed by atoms with Gasteiger partial charge < -0.3 is 4.74 Å². The van der Waals surface area contributed by atoms with E-state index in [-0.39, 0.29) is 11.6 Å². The number of H-pyrrole nitrogens is 1. The molecule has 0 aliphatic rings. The third-order valence-electron chi connectivity index (χ3n) is 1.51. The van der Waals surface area contributed by atoms with Gasteiger partial charge in [-0.3, -0.25) is 9.78 Å². The molecule has 0 radical (unpaired) electrons. The Morgan fingerprint density at radius 1 is 1.67 bits per heavy atom. The molecule has 0 saturated heterocycles. The molecule has 2 rings (SSSR count). The van der Waals surface area contributed by atoms with E-state index in [0.717, 1.165) is 0 Å². The maximum atomic E-state index is 11.3. The summed E-state index contributed by atoms with van der Waals surface area (Å²) in [5.41, 5.74) is -0.155. The third kappa shape index (κ3) is 0.984. The molecule has 0 unspecified atom stereocenters. The van der Waals surface area contributed by atoms with E-state index >= 15 is 0 Å². The largest absolute Gasteiger partial charge is 0.468 e. The summed E-state index contributed by atoms with van der Waals surface area (Å²) in [7, 11) is 1.47. The van der Waals surface area contributed by atoms with Crippen molar-refractivity contribution in [2.24, 2.45) is 0 Å². The van der Waals surface area contributed by atoms with Crippen molar-refractivity contribution in [2.75, 3.05) is 7.11 Å². The van der Waals surface area contributed by atoms with Crippen LogP contribution in [-0.4, -0.2) is 17.1 Å². The van der Waals surface area contributed by atoms with Gasteiger partial charge in [-0.25, -0.2) is 0 Å². The molecule has 0 aliphatic heterocycles. The highest BCUT2D eigenvalue weighted by Crippen LogP contribution is 2.15. The molecule has 0 spiro atoms. The van der Waals surface area contributed by atoms with E-state index in [1.807, 2.05) is 5.38 Å². The van der Waals surface area contributed by atoms with Gasteiger partial charge in [-0.05, 0) is 11.4 Å². The Labute approximate surface area is 71.8 Å². The van der Waals surface area contributed by atoms with Crippen molar-refractivity contribution in [1.29, 1.82) is 0 Å². The van der Waals surface area contributed by atoms with E-state index in [9.17, 15) is 4.79 Å². The maximum absolute atomic E-state index is 11.3. The maximum Gasteiger partial charge on any atom is 0.297 e. The van der Waals surface area contributed by atoms with Crippen LogP contribution in [0.15, 0.2) is 16.2 Å². The third-order valence-corrected chi connectivity index (χ3v) is 2.31. The molecule has 0 atom stereocenters. The second kappa shape index (κ2) is 2.60. The lowest BCUT2D eigenvalue weighted by Crippen LogP contribution is -2.07. The molecule has 1 N–H and O–H groups in total. The van der Waals surface area contributed by atoms with E-state index < -0.39 is 0 Å². The topological polar surface area (TPSA) is 55.0 Å². The number of aromatic amines is 1. The number of aromatic nitrogens is 2. The summed E-state index contributed by atoms with van der Waals surface area (Å²) in [6.07, 6.45) is 0. The van der Waals surface area contributed by atoms with Crippen LogP contribution in [0.3, 0.4) is 0 Å². The number of thiophene rings is 1. The Bertz CT molecular complexity index is 460. The summed E-state index contributed by atoms with van der Waals surface area (Å²) in [4.78, 5) is 18.5. The van der Waals surface area contributed by atoms with Gasteiger partial charge in [0.05, 0.1) is 12.5 Å². The molecule has 0 saturated carbocycles. The highest BCUT2D eigenvalue weighted by Gasteiger charge is 2.03. The molecule has 0 amide bonds. The molecule has 12 heavy (non-hydrogen) atoms. The van der Waals surface area contributed by atoms with Crippen molar-refractivity contribution in [1.82, 2.24) is 9.97 Å². The lowest BCUT2D eigenvalue weighted by Gasteiger charge is -1.95. The second-order valence-electron chi connectivity index (χ2n) is 2.21. The van der Waals surface area contributed by atoms with Crippen molar-refractivity contribution >= 4 is 21.6 Å². The molecule has 2 aromatic rings. The smallest absolute Gasteiger partial charge is 0.297 e. The van der Waals surface area contributed by atoms with E-state index in [1.165, 1.54) is 18.4 Å². The zero-order chi connectivity index (χ0) is 8.55. The number of nitrogens with zero attached hydrogens (tertiary/aromatic N) is 1. The number of fused-ring (bicyclic) bond motifs is 1. The standard InChI is InChI=1S/C7H6N2O2S/c1-11-7-8-5(10)4-2-3-12-6(4)9-7/h2-3H,1H3,(H,8,9,10). The second-order valence-corrected chi connectivity index (χ2v) is 3.11. The Morgan fingerprint density at radius 2 is 2.50 bits per heavy atom. The van der Waals surface area contributed by atoms with Gasteiger partial charge in [0, 0.05) is 0 Å². The van der Waals surface area contributed by atoms with Crippen molar-refractivity contribution < 1.29 is 4.74 Å². The van der Waals surface area contributed by atoms with E-state index in [1.54, 1.807) is 6.07 Å². The van der Waals surface area contributed by atoms with Gasteiger partial charge >= 0.3 is 0 Å². The van der Waals surface area contributed by atoms with Crippen molar-refractivity contribution in [3.05, 3.63) is 21.8 Å². The predicted octanol–water partition coefficient (Wildman–Crippen LogP) is 0.993. The Kier molecular flexibility index (Phi) is 1.58. The molecule has 0 aromatic carbocycles. The number of nitrogens with one attached hydrogen (secondary N) is 1. The van der Waals surface area contributed by atoms with Crippen molar-refractivity contribution in [3.8, 4) is 6.01 Å². The molecule has 2 heterocycles. The van der Waals surface area contributed by atoms with Crippen LogP contribution in [0.4, 0.5) is 0 Å². The average molecular weight is 182 g/mol. The molecule has 5 heteroatoms. The summed E-state index contributed by atoms with van der Waals surface area (Å²) < 4.78 is 4.81. The summed E-state index contributed by atoms with van der Waals surface area (Å²) >= 11 is 1.42. The predicted molar refractivity (Wildman–Crippen MR) is 46.8 cm³/mol. The highest BCUT2D eigenvalue weighted by atomic mass is 32.1. The number of hydrogen-bond donors (Lipinski definition) is 1. The molecular weight excluding hydrogens is 176 g/mol. The molecule has 4 nitrogen and oxygen atoms in total. The molecule has 2 aromatic heterocycles. The zero-order valence-electron chi connectivity index (χ0n) is 6.33. The van der Waals surface area contributed by atoms with Gasteiger partial charge in [-0.2, -0.15) is 4.98 Å². The fourth-order valence-corrected chi connectivity index (χ4v) is 1.70. The Balaban J connectivity index is 2.84. The van der Waals surface area contributed by atoms with Crippen LogP contribution in [0.25, 0.3) is 10.2 Å². The number of rotatable bonds is 1. The molecular formula is C7H6N2O2S. The van der Waals surface area contributed by atoms with Gasteiger partial charge in [0.2, 0.25) is 0 Å². The SMILES string of the molecule is COc1nc2sccc2c(=O)[nH]1. The van der Waals surface area contributed by atoms with Gasteiger partial charge in [0.25, 0.3) is 11.6 Å². The van der Waals surface area contributed by atoms with E-state index in [4.69, 9.17) is 4.74 Å².